The van der Waals surface area contributed by atoms with E-state index in [2.05, 4.69) is 31.7 Å². The van der Waals surface area contributed by atoms with Gasteiger partial charge >= 0.3 is 0 Å². The summed E-state index contributed by atoms with van der Waals surface area (Å²) in [6.45, 7) is 5.72. The molecule has 2 amide bonds. The van der Waals surface area contributed by atoms with Gasteiger partial charge in [-0.25, -0.2) is 0 Å². The molecule has 1 heterocycles. The van der Waals surface area contributed by atoms with E-state index in [0.29, 0.717) is 28.0 Å². The summed E-state index contributed by atoms with van der Waals surface area (Å²) in [6, 6.07) is 8.04. The number of anilines is 1. The molecule has 2 aromatic rings. The number of rotatable bonds is 6. The number of aryl methyl sites for hydroxylation is 1. The van der Waals surface area contributed by atoms with Gasteiger partial charge < -0.3 is 15.2 Å². The molecule has 0 spiro atoms. The number of benzene rings is 1. The van der Waals surface area contributed by atoms with E-state index in [1.54, 1.807) is 31.2 Å². The summed E-state index contributed by atoms with van der Waals surface area (Å²) < 4.78 is 5.61. The Morgan fingerprint density at radius 1 is 1.29 bits per heavy atom. The zero-order chi connectivity index (χ0) is 17.7. The maximum atomic E-state index is 12.5. The topological polar surface area (TPSA) is 84.2 Å². The molecule has 0 radical (unpaired) electrons. The summed E-state index contributed by atoms with van der Waals surface area (Å²) in [4.78, 5) is 25.0. The molecule has 2 N–H and O–H groups in total. The van der Waals surface area contributed by atoms with E-state index in [9.17, 15) is 9.59 Å². The van der Waals surface area contributed by atoms with E-state index in [0.717, 1.165) is 0 Å². The normalized spacial score (nSPS) is 12.0. The van der Waals surface area contributed by atoms with Crippen molar-refractivity contribution in [2.75, 3.05) is 5.32 Å². The van der Waals surface area contributed by atoms with Crippen LogP contribution in [0.4, 0.5) is 5.82 Å². The highest BCUT2D eigenvalue weighted by Crippen LogP contribution is 2.17. The van der Waals surface area contributed by atoms with Gasteiger partial charge in [0.15, 0.2) is 5.82 Å². The summed E-state index contributed by atoms with van der Waals surface area (Å²) in [5, 5.41) is 9.20. The van der Waals surface area contributed by atoms with Gasteiger partial charge in [-0.05, 0) is 47.3 Å². The van der Waals surface area contributed by atoms with Crippen molar-refractivity contribution >= 4 is 33.6 Å². The predicted molar refractivity (Wildman–Crippen MR) is 94.7 cm³/mol. The van der Waals surface area contributed by atoms with E-state index in [1.165, 1.54) is 0 Å². The Labute approximate surface area is 149 Å². The van der Waals surface area contributed by atoms with Crippen LogP contribution in [-0.2, 0) is 4.79 Å². The van der Waals surface area contributed by atoms with Crippen molar-refractivity contribution in [1.29, 1.82) is 0 Å². The summed E-state index contributed by atoms with van der Waals surface area (Å²) >= 11 is 3.35. The minimum Gasteiger partial charge on any atom is -0.360 e. The van der Waals surface area contributed by atoms with Crippen LogP contribution in [0.1, 0.15) is 36.4 Å². The molecule has 0 saturated carbocycles. The third kappa shape index (κ3) is 4.92. The molecular weight excluding hydrogens is 374 g/mol. The van der Waals surface area contributed by atoms with E-state index in [4.69, 9.17) is 4.52 Å². The smallest absolute Gasteiger partial charge is 0.253 e. The third-order valence-corrected chi connectivity index (χ3v) is 4.02. The minimum absolute atomic E-state index is 0.235. The lowest BCUT2D eigenvalue weighted by Crippen LogP contribution is -2.44. The Morgan fingerprint density at radius 3 is 2.58 bits per heavy atom. The number of aromatic nitrogens is 1. The fourth-order valence-electron chi connectivity index (χ4n) is 2.22. The lowest BCUT2D eigenvalue weighted by atomic mass is 10.0. The second-order valence-corrected chi connectivity index (χ2v) is 6.80. The first-order valence-corrected chi connectivity index (χ1v) is 8.45. The van der Waals surface area contributed by atoms with Crippen molar-refractivity contribution in [3.05, 3.63) is 46.1 Å². The highest BCUT2D eigenvalue weighted by atomic mass is 79.9. The van der Waals surface area contributed by atoms with Gasteiger partial charge in [0.1, 0.15) is 11.8 Å². The number of hydrogen-bond acceptors (Lipinski definition) is 4. The van der Waals surface area contributed by atoms with Crippen molar-refractivity contribution in [1.82, 2.24) is 10.5 Å². The monoisotopic (exact) mass is 393 g/mol. The zero-order valence-electron chi connectivity index (χ0n) is 13.8. The number of halogens is 1. The first-order valence-electron chi connectivity index (χ1n) is 7.66. The molecule has 0 bridgehead atoms. The summed E-state index contributed by atoms with van der Waals surface area (Å²) in [6.07, 6.45) is 0.513. The standard InChI is InChI=1S/C17H20BrN3O3/c1-10(2)8-14(17(23)20-15-9-11(3)24-21-15)19-16(22)12-6-4-5-7-13(12)18/h4-7,9-10,14H,8H2,1-3H3,(H,19,22)(H,20,21,23)/t14-/m0/s1. The molecule has 0 unspecified atom stereocenters. The van der Waals surface area contributed by atoms with E-state index in [-0.39, 0.29) is 17.7 Å². The van der Waals surface area contributed by atoms with Crippen LogP contribution in [0.3, 0.4) is 0 Å². The number of hydrogen-bond donors (Lipinski definition) is 2. The lowest BCUT2D eigenvalue weighted by Gasteiger charge is -2.19. The van der Waals surface area contributed by atoms with Gasteiger partial charge in [-0.3, -0.25) is 9.59 Å². The second kappa shape index (κ2) is 8.10. The fraction of sp³-hybridized carbons (Fsp3) is 0.353. The van der Waals surface area contributed by atoms with Crippen LogP contribution in [0.2, 0.25) is 0 Å². The molecule has 2 rings (SSSR count). The Kier molecular flexibility index (Phi) is 6.14. The average Bonchev–Trinajstić information content (AvgIpc) is 2.91. The molecule has 0 aliphatic rings. The van der Waals surface area contributed by atoms with Gasteiger partial charge in [0.2, 0.25) is 5.91 Å². The summed E-state index contributed by atoms with van der Waals surface area (Å²) in [7, 11) is 0. The number of nitrogens with one attached hydrogen (secondary N) is 2. The highest BCUT2D eigenvalue weighted by Gasteiger charge is 2.24. The van der Waals surface area contributed by atoms with Crippen molar-refractivity contribution in [3.63, 3.8) is 0 Å². The van der Waals surface area contributed by atoms with Crippen LogP contribution in [0, 0.1) is 12.8 Å². The fourth-order valence-corrected chi connectivity index (χ4v) is 2.69. The van der Waals surface area contributed by atoms with E-state index >= 15 is 0 Å². The van der Waals surface area contributed by atoms with Crippen molar-refractivity contribution in [2.45, 2.75) is 33.2 Å². The van der Waals surface area contributed by atoms with Crippen LogP contribution in [0.15, 0.2) is 39.3 Å². The third-order valence-electron chi connectivity index (χ3n) is 3.33. The number of nitrogens with zero attached hydrogens (tertiary/aromatic N) is 1. The molecule has 1 aromatic carbocycles. The number of amides is 2. The van der Waals surface area contributed by atoms with Crippen LogP contribution in [0.5, 0.6) is 0 Å². The largest absolute Gasteiger partial charge is 0.360 e. The quantitative estimate of drug-likeness (QED) is 0.785. The van der Waals surface area contributed by atoms with Crippen molar-refractivity contribution in [3.8, 4) is 0 Å². The Balaban J connectivity index is 2.11. The predicted octanol–water partition coefficient (Wildman–Crippen LogP) is 3.53. The molecule has 24 heavy (non-hydrogen) atoms. The Hall–Kier alpha value is -2.15. The van der Waals surface area contributed by atoms with Crippen LogP contribution in [0.25, 0.3) is 0 Å². The minimum atomic E-state index is -0.665. The van der Waals surface area contributed by atoms with Gasteiger partial charge in [0.25, 0.3) is 5.91 Å². The molecule has 6 nitrogen and oxygen atoms in total. The number of carbonyl (C=O) groups excluding carboxylic acids is 2. The Bertz CT molecular complexity index is 727. The molecule has 0 saturated heterocycles. The molecule has 1 aromatic heterocycles. The van der Waals surface area contributed by atoms with Gasteiger partial charge in [-0.15, -0.1) is 0 Å². The maximum Gasteiger partial charge on any atom is 0.253 e. The molecule has 0 fully saturated rings. The molecule has 7 heteroatoms. The average molecular weight is 394 g/mol. The van der Waals surface area contributed by atoms with Crippen molar-refractivity contribution in [2.24, 2.45) is 5.92 Å². The van der Waals surface area contributed by atoms with E-state index in [1.807, 2.05) is 19.9 Å². The maximum absolute atomic E-state index is 12.5. The summed E-state index contributed by atoms with van der Waals surface area (Å²) in [5.74, 6) is 0.542. The van der Waals surface area contributed by atoms with Crippen LogP contribution in [-0.4, -0.2) is 23.0 Å². The van der Waals surface area contributed by atoms with Gasteiger partial charge in [-0.2, -0.15) is 0 Å². The molecule has 0 aliphatic heterocycles. The first-order chi connectivity index (χ1) is 11.4. The highest BCUT2D eigenvalue weighted by molar-refractivity contribution is 9.10. The molecular formula is C17H20BrN3O3. The van der Waals surface area contributed by atoms with Gasteiger partial charge in [-0.1, -0.05) is 31.1 Å². The van der Waals surface area contributed by atoms with Gasteiger partial charge in [0.05, 0.1) is 5.56 Å². The first kappa shape index (κ1) is 18.2. The SMILES string of the molecule is Cc1cc(NC(=O)[C@H](CC(C)C)NC(=O)c2ccccc2Br)no1. The van der Waals surface area contributed by atoms with E-state index < -0.39 is 6.04 Å². The van der Waals surface area contributed by atoms with Crippen LogP contribution >= 0.6 is 15.9 Å². The molecule has 1 atom stereocenters. The second-order valence-electron chi connectivity index (χ2n) is 5.95. The van der Waals surface area contributed by atoms with Crippen molar-refractivity contribution < 1.29 is 14.1 Å². The number of carbonyl (C=O) groups is 2. The summed E-state index contributed by atoms with van der Waals surface area (Å²) in [5.41, 5.74) is 0.483. The van der Waals surface area contributed by atoms with Gasteiger partial charge in [0, 0.05) is 10.5 Å². The Morgan fingerprint density at radius 2 is 2.00 bits per heavy atom. The zero-order valence-corrected chi connectivity index (χ0v) is 15.4. The molecule has 128 valence electrons. The lowest BCUT2D eigenvalue weighted by molar-refractivity contribution is -0.118. The molecule has 0 aliphatic carbocycles. The van der Waals surface area contributed by atoms with Crippen LogP contribution < -0.4 is 10.6 Å².